The first-order valence-corrected chi connectivity index (χ1v) is 11.9. The summed E-state index contributed by atoms with van der Waals surface area (Å²) in [5.74, 6) is 1.29. The topological polar surface area (TPSA) is 71.1 Å². The predicted octanol–water partition coefficient (Wildman–Crippen LogP) is 3.23. The first-order valence-electron chi connectivity index (χ1n) is 11.9. The van der Waals surface area contributed by atoms with E-state index in [0.29, 0.717) is 32.5 Å². The number of anilines is 2. The molecule has 0 radical (unpaired) electrons. The molecule has 0 bridgehead atoms. The minimum atomic E-state index is -0.00847. The highest BCUT2D eigenvalue weighted by atomic mass is 16.5. The lowest BCUT2D eigenvalue weighted by Gasteiger charge is -2.28. The standard InChI is InChI=1S/C26H31N3O4/c30-25(27-22-5-7-23(8-6-22)28-11-14-32-15-12-28)10-2-19-1-9-24-21(17-19)18-29(13-16-33-24)26(31)20-3-4-20/h1,5-9,17,20H,2-4,10-16,18H2,(H,27,30). The van der Waals surface area contributed by atoms with Crippen LogP contribution in [0.25, 0.3) is 0 Å². The molecule has 0 unspecified atom stereocenters. The Morgan fingerprint density at radius 1 is 0.970 bits per heavy atom. The van der Waals surface area contributed by atoms with Crippen molar-refractivity contribution < 1.29 is 19.1 Å². The third-order valence-corrected chi connectivity index (χ3v) is 6.51. The Balaban J connectivity index is 1.15. The zero-order valence-electron chi connectivity index (χ0n) is 18.9. The van der Waals surface area contributed by atoms with Gasteiger partial charge in [0.2, 0.25) is 11.8 Å². The molecule has 1 saturated carbocycles. The van der Waals surface area contributed by atoms with E-state index in [-0.39, 0.29) is 17.7 Å². The molecule has 2 aromatic carbocycles. The third kappa shape index (κ3) is 5.47. The van der Waals surface area contributed by atoms with Crippen LogP contribution in [0, 0.1) is 5.92 Å². The van der Waals surface area contributed by atoms with E-state index in [4.69, 9.17) is 9.47 Å². The summed E-state index contributed by atoms with van der Waals surface area (Å²) in [6, 6.07) is 14.1. The van der Waals surface area contributed by atoms with E-state index in [1.165, 1.54) is 0 Å². The molecule has 2 aromatic rings. The fraction of sp³-hybridized carbons (Fsp3) is 0.462. The molecule has 2 fully saturated rings. The summed E-state index contributed by atoms with van der Waals surface area (Å²) >= 11 is 0. The number of carbonyl (C=O) groups is 2. The van der Waals surface area contributed by atoms with Crippen molar-refractivity contribution in [2.75, 3.05) is 49.7 Å². The van der Waals surface area contributed by atoms with E-state index in [1.807, 2.05) is 41.3 Å². The van der Waals surface area contributed by atoms with E-state index in [1.54, 1.807) is 0 Å². The molecule has 174 valence electrons. The smallest absolute Gasteiger partial charge is 0.226 e. The zero-order valence-corrected chi connectivity index (χ0v) is 18.9. The number of amides is 2. The molecule has 7 nitrogen and oxygen atoms in total. The molecule has 3 aliphatic rings. The largest absolute Gasteiger partial charge is 0.491 e. The molecule has 2 aliphatic heterocycles. The molecular weight excluding hydrogens is 418 g/mol. The summed E-state index contributed by atoms with van der Waals surface area (Å²) in [4.78, 5) is 29.2. The SMILES string of the molecule is O=C(CCc1ccc2c(c1)CN(C(=O)C1CC1)CCO2)Nc1ccc(N2CCOCC2)cc1. The fourth-order valence-electron chi connectivity index (χ4n) is 4.44. The second kappa shape index (κ2) is 9.83. The Hall–Kier alpha value is -3.06. The highest BCUT2D eigenvalue weighted by Crippen LogP contribution is 2.33. The van der Waals surface area contributed by atoms with Gasteiger partial charge >= 0.3 is 0 Å². The van der Waals surface area contributed by atoms with Crippen molar-refractivity contribution in [3.05, 3.63) is 53.6 Å². The predicted molar refractivity (Wildman–Crippen MR) is 127 cm³/mol. The lowest BCUT2D eigenvalue weighted by atomic mass is 10.0. The van der Waals surface area contributed by atoms with Crippen LogP contribution in [-0.4, -0.2) is 56.2 Å². The number of ether oxygens (including phenoxy) is 2. The highest BCUT2D eigenvalue weighted by Gasteiger charge is 2.34. The van der Waals surface area contributed by atoms with Crippen LogP contribution in [0.2, 0.25) is 0 Å². The van der Waals surface area contributed by atoms with Crippen molar-refractivity contribution in [1.82, 2.24) is 4.90 Å². The summed E-state index contributed by atoms with van der Waals surface area (Å²) in [6.07, 6.45) is 3.05. The Morgan fingerprint density at radius 3 is 2.52 bits per heavy atom. The summed E-state index contributed by atoms with van der Waals surface area (Å²) in [7, 11) is 0. The van der Waals surface area contributed by atoms with Crippen LogP contribution in [0.4, 0.5) is 11.4 Å². The lowest BCUT2D eigenvalue weighted by Crippen LogP contribution is -2.36. The zero-order chi connectivity index (χ0) is 22.6. The van der Waals surface area contributed by atoms with Gasteiger partial charge < -0.3 is 24.6 Å². The van der Waals surface area contributed by atoms with E-state index < -0.39 is 0 Å². The molecule has 5 rings (SSSR count). The van der Waals surface area contributed by atoms with Gasteiger partial charge in [-0.25, -0.2) is 0 Å². The summed E-state index contributed by atoms with van der Waals surface area (Å²) in [5, 5.41) is 3.00. The van der Waals surface area contributed by atoms with Crippen LogP contribution in [-0.2, 0) is 27.3 Å². The minimum absolute atomic E-state index is 0.00847. The Bertz CT molecular complexity index is 997. The maximum Gasteiger partial charge on any atom is 0.226 e. The minimum Gasteiger partial charge on any atom is -0.491 e. The molecule has 0 spiro atoms. The molecule has 2 amide bonds. The molecule has 1 aliphatic carbocycles. The van der Waals surface area contributed by atoms with E-state index >= 15 is 0 Å². The van der Waals surface area contributed by atoms with Gasteiger partial charge in [-0.15, -0.1) is 0 Å². The quantitative estimate of drug-likeness (QED) is 0.733. The van der Waals surface area contributed by atoms with Crippen molar-refractivity contribution in [1.29, 1.82) is 0 Å². The van der Waals surface area contributed by atoms with E-state index in [9.17, 15) is 9.59 Å². The van der Waals surface area contributed by atoms with Crippen LogP contribution in [0.5, 0.6) is 5.75 Å². The number of morpholine rings is 1. The first-order chi connectivity index (χ1) is 16.2. The number of hydrogen-bond donors (Lipinski definition) is 1. The van der Waals surface area contributed by atoms with Gasteiger partial charge in [-0.1, -0.05) is 12.1 Å². The maximum atomic E-state index is 12.5. The second-order valence-electron chi connectivity index (χ2n) is 9.02. The summed E-state index contributed by atoms with van der Waals surface area (Å²) < 4.78 is 11.3. The molecule has 33 heavy (non-hydrogen) atoms. The molecule has 7 heteroatoms. The Kier molecular flexibility index (Phi) is 6.48. The van der Waals surface area contributed by atoms with Gasteiger partial charge in [-0.05, 0) is 55.2 Å². The fourth-order valence-corrected chi connectivity index (χ4v) is 4.44. The molecule has 0 atom stereocenters. The number of aryl methyl sites for hydroxylation is 1. The Labute approximate surface area is 194 Å². The van der Waals surface area contributed by atoms with E-state index in [0.717, 1.165) is 67.4 Å². The monoisotopic (exact) mass is 449 g/mol. The second-order valence-corrected chi connectivity index (χ2v) is 9.02. The maximum absolute atomic E-state index is 12.5. The first kappa shape index (κ1) is 21.8. The van der Waals surface area contributed by atoms with Gasteiger partial charge in [-0.2, -0.15) is 0 Å². The van der Waals surface area contributed by atoms with Crippen LogP contribution in [0.15, 0.2) is 42.5 Å². The van der Waals surface area contributed by atoms with Crippen molar-refractivity contribution >= 4 is 23.2 Å². The number of fused-ring (bicyclic) bond motifs is 1. The van der Waals surface area contributed by atoms with Gasteiger partial charge in [0.25, 0.3) is 0 Å². The van der Waals surface area contributed by atoms with Crippen LogP contribution < -0.4 is 15.0 Å². The van der Waals surface area contributed by atoms with Crippen molar-refractivity contribution in [3.63, 3.8) is 0 Å². The normalized spacial score (nSPS) is 18.2. The number of carbonyl (C=O) groups excluding carboxylic acids is 2. The summed E-state index contributed by atoms with van der Waals surface area (Å²) in [6.45, 7) is 5.03. The van der Waals surface area contributed by atoms with Gasteiger partial charge in [-0.3, -0.25) is 9.59 Å². The number of hydrogen-bond acceptors (Lipinski definition) is 5. The van der Waals surface area contributed by atoms with Crippen molar-refractivity contribution in [2.45, 2.75) is 32.2 Å². The number of nitrogens with one attached hydrogen (secondary N) is 1. The molecule has 2 heterocycles. The van der Waals surface area contributed by atoms with Crippen molar-refractivity contribution in [3.8, 4) is 5.75 Å². The number of nitrogens with zero attached hydrogens (tertiary/aromatic N) is 2. The average molecular weight is 450 g/mol. The van der Waals surface area contributed by atoms with Crippen LogP contribution in [0.1, 0.15) is 30.4 Å². The van der Waals surface area contributed by atoms with Gasteiger partial charge in [0.05, 0.1) is 19.8 Å². The van der Waals surface area contributed by atoms with Gasteiger partial charge in [0.1, 0.15) is 12.4 Å². The summed E-state index contributed by atoms with van der Waals surface area (Å²) in [5.41, 5.74) is 4.06. The lowest BCUT2D eigenvalue weighted by molar-refractivity contribution is -0.133. The molecule has 0 aromatic heterocycles. The highest BCUT2D eigenvalue weighted by molar-refractivity contribution is 5.91. The van der Waals surface area contributed by atoms with Crippen LogP contribution >= 0.6 is 0 Å². The van der Waals surface area contributed by atoms with Gasteiger partial charge in [0, 0.05) is 48.9 Å². The van der Waals surface area contributed by atoms with Gasteiger partial charge in [0.15, 0.2) is 0 Å². The number of rotatable bonds is 6. The molecule has 1 saturated heterocycles. The number of benzene rings is 2. The Morgan fingerprint density at radius 2 is 1.76 bits per heavy atom. The van der Waals surface area contributed by atoms with E-state index in [2.05, 4.69) is 16.3 Å². The van der Waals surface area contributed by atoms with Crippen LogP contribution in [0.3, 0.4) is 0 Å². The third-order valence-electron chi connectivity index (χ3n) is 6.51. The molecule has 1 N–H and O–H groups in total. The van der Waals surface area contributed by atoms with Crippen molar-refractivity contribution in [2.24, 2.45) is 5.92 Å². The average Bonchev–Trinajstić information content (AvgIpc) is 3.70. The molecular formula is C26H31N3O4.